The van der Waals surface area contributed by atoms with Crippen LogP contribution in [0.4, 0.5) is 22.0 Å². The number of carbonyl (C=O) groups excluding carboxylic acids is 1. The lowest BCUT2D eigenvalue weighted by molar-refractivity contribution is -0.136. The highest BCUT2D eigenvalue weighted by Crippen LogP contribution is 2.44. The van der Waals surface area contributed by atoms with Crippen LogP contribution in [0.25, 0.3) is 0 Å². The molecule has 0 saturated heterocycles. The number of halogens is 6. The number of carbonyl (C=O) groups is 1. The first-order chi connectivity index (χ1) is 21.1. The fourth-order valence-corrected chi connectivity index (χ4v) is 4.60. The molecule has 4 aromatic carbocycles. The smallest absolute Gasteiger partial charge is 0.349 e. The highest BCUT2D eigenvalue weighted by atomic mass is 35.5. The van der Waals surface area contributed by atoms with E-state index in [-0.39, 0.29) is 29.6 Å². The molecule has 0 aromatic heterocycles. The van der Waals surface area contributed by atoms with E-state index in [0.717, 1.165) is 5.56 Å². The highest BCUT2D eigenvalue weighted by molar-refractivity contribution is 6.31. The number of hydrogen-bond donors (Lipinski definition) is 1. The van der Waals surface area contributed by atoms with E-state index >= 15 is 0 Å². The predicted octanol–water partition coefficient (Wildman–Crippen LogP) is 6.82. The maximum atomic E-state index is 13.8. The number of benzene rings is 4. The van der Waals surface area contributed by atoms with Gasteiger partial charge in [-0.05, 0) is 29.8 Å². The second-order valence-corrected chi connectivity index (χ2v) is 9.65. The van der Waals surface area contributed by atoms with Gasteiger partial charge in [-0.3, -0.25) is 0 Å². The van der Waals surface area contributed by atoms with E-state index in [2.05, 4.69) is 10.8 Å². The van der Waals surface area contributed by atoms with Crippen LogP contribution < -0.4 is 24.7 Å². The number of hydrogen-bond acceptors (Lipinski definition) is 7. The first-order valence-corrected chi connectivity index (χ1v) is 13.0. The average molecular weight is 629 g/mol. The van der Waals surface area contributed by atoms with Crippen LogP contribution in [0.3, 0.4) is 0 Å². The molecule has 0 spiro atoms. The number of nitriles is 1. The van der Waals surface area contributed by atoms with Crippen LogP contribution in [0.2, 0.25) is 5.02 Å². The molecule has 0 radical (unpaired) electrons. The monoisotopic (exact) mass is 628 g/mol. The van der Waals surface area contributed by atoms with Crippen molar-refractivity contribution in [3.63, 3.8) is 0 Å². The molecule has 1 aliphatic rings. The van der Waals surface area contributed by atoms with E-state index < -0.39 is 53.3 Å². The van der Waals surface area contributed by atoms with Gasteiger partial charge in [0.2, 0.25) is 35.0 Å². The molecule has 13 heteroatoms. The summed E-state index contributed by atoms with van der Waals surface area (Å²) in [4.78, 5) is 12.3. The molecule has 1 unspecified atom stereocenters. The van der Waals surface area contributed by atoms with Crippen molar-refractivity contribution in [3.8, 4) is 29.1 Å². The summed E-state index contributed by atoms with van der Waals surface area (Å²) >= 11 is 6.21. The molecule has 44 heavy (non-hydrogen) atoms. The molecular formula is C31H18ClF5N2O5. The molecule has 0 saturated carbocycles. The van der Waals surface area contributed by atoms with Gasteiger partial charge < -0.3 is 24.7 Å². The summed E-state index contributed by atoms with van der Waals surface area (Å²) in [6.07, 6.45) is 0. The lowest BCUT2D eigenvalue weighted by Crippen LogP contribution is -2.22. The van der Waals surface area contributed by atoms with Crippen LogP contribution >= 0.6 is 11.6 Å². The Balaban J connectivity index is 1.35. The maximum Gasteiger partial charge on any atom is 0.349 e. The molecule has 0 fully saturated rings. The zero-order valence-corrected chi connectivity index (χ0v) is 22.9. The molecule has 0 bridgehead atoms. The van der Waals surface area contributed by atoms with E-state index in [4.69, 9.17) is 31.5 Å². The highest BCUT2D eigenvalue weighted by Gasteiger charge is 2.32. The summed E-state index contributed by atoms with van der Waals surface area (Å²) in [5.74, 6) is -14.6. The summed E-state index contributed by atoms with van der Waals surface area (Å²) in [5, 5.41) is 10.4. The predicted molar refractivity (Wildman–Crippen MR) is 145 cm³/mol. The normalized spacial score (nSPS) is 13.9. The Morgan fingerprint density at radius 3 is 2.30 bits per heavy atom. The van der Waals surface area contributed by atoms with Crippen molar-refractivity contribution in [2.45, 2.75) is 12.5 Å². The molecule has 1 heterocycles. The van der Waals surface area contributed by atoms with Crippen LogP contribution in [0, 0.1) is 40.4 Å². The van der Waals surface area contributed by atoms with Crippen molar-refractivity contribution in [2.75, 3.05) is 6.61 Å². The number of nitrogens with zero attached hydrogens (tertiary/aromatic N) is 1. The zero-order valence-electron chi connectivity index (χ0n) is 22.2. The molecule has 0 amide bonds. The second-order valence-electron chi connectivity index (χ2n) is 9.24. The van der Waals surface area contributed by atoms with Crippen molar-refractivity contribution in [1.29, 1.82) is 5.26 Å². The molecule has 224 valence electrons. The molecule has 2 N–H and O–H groups in total. The Labute approximate surface area is 251 Å². The molecule has 1 atom stereocenters. The van der Waals surface area contributed by atoms with Gasteiger partial charge in [0.05, 0.1) is 5.92 Å². The Hall–Kier alpha value is -5.28. The van der Waals surface area contributed by atoms with Crippen molar-refractivity contribution in [1.82, 2.24) is 0 Å². The Morgan fingerprint density at radius 2 is 1.59 bits per heavy atom. The van der Waals surface area contributed by atoms with Crippen LogP contribution in [0.15, 0.2) is 78.2 Å². The van der Waals surface area contributed by atoms with Gasteiger partial charge in [0.15, 0.2) is 12.4 Å². The first-order valence-electron chi connectivity index (χ1n) is 12.6. The average Bonchev–Trinajstić information content (AvgIpc) is 3.02. The van der Waals surface area contributed by atoms with Crippen LogP contribution in [-0.4, -0.2) is 12.6 Å². The van der Waals surface area contributed by atoms with Crippen molar-refractivity contribution in [2.24, 2.45) is 5.73 Å². The molecule has 1 aliphatic heterocycles. The standard InChI is InChI=1S/C31H18ClF5N2O5/c32-21-7-2-1-4-16(21)13-41-17-6-3-5-15(10-17)24-19-9-8-18(11-22(19)44-31(39)20(24)12-38)43-23(40)14-42-30-28(36)26(34)25(33)27(35)29(30)37/h1-11,24H,13-14,39H2. The van der Waals surface area contributed by atoms with Crippen molar-refractivity contribution in [3.05, 3.63) is 129 Å². The van der Waals surface area contributed by atoms with Gasteiger partial charge in [-0.1, -0.05) is 48.0 Å². The third kappa shape index (κ3) is 5.95. The van der Waals surface area contributed by atoms with Crippen molar-refractivity contribution < 1.29 is 45.7 Å². The quantitative estimate of drug-likeness (QED) is 0.0751. The third-order valence-corrected chi connectivity index (χ3v) is 6.84. The van der Waals surface area contributed by atoms with E-state index in [1.54, 1.807) is 36.4 Å². The van der Waals surface area contributed by atoms with Gasteiger partial charge in [0.1, 0.15) is 35.5 Å². The summed E-state index contributed by atoms with van der Waals surface area (Å²) in [5.41, 5.74) is 8.05. The maximum absolute atomic E-state index is 13.8. The van der Waals surface area contributed by atoms with Gasteiger partial charge in [-0.15, -0.1) is 0 Å². The molecule has 4 aromatic rings. The van der Waals surface area contributed by atoms with Crippen molar-refractivity contribution >= 4 is 17.6 Å². The molecular weight excluding hydrogens is 611 g/mol. The minimum absolute atomic E-state index is 0.113. The number of rotatable bonds is 8. The van der Waals surface area contributed by atoms with E-state index in [1.807, 2.05) is 12.1 Å². The largest absolute Gasteiger partial charge is 0.489 e. The van der Waals surface area contributed by atoms with E-state index in [1.165, 1.54) is 18.2 Å². The van der Waals surface area contributed by atoms with Gasteiger partial charge in [-0.2, -0.15) is 14.0 Å². The molecule has 0 aliphatic carbocycles. The second kappa shape index (κ2) is 12.5. The first kappa shape index (κ1) is 30.2. The fourth-order valence-electron chi connectivity index (χ4n) is 4.41. The molecule has 7 nitrogen and oxygen atoms in total. The third-order valence-electron chi connectivity index (χ3n) is 6.47. The van der Waals surface area contributed by atoms with Crippen LogP contribution in [0.5, 0.6) is 23.0 Å². The van der Waals surface area contributed by atoms with E-state index in [0.29, 0.717) is 21.9 Å². The van der Waals surface area contributed by atoms with Gasteiger partial charge in [0.25, 0.3) is 0 Å². The van der Waals surface area contributed by atoms with Gasteiger partial charge >= 0.3 is 5.97 Å². The molecule has 5 rings (SSSR count). The minimum Gasteiger partial charge on any atom is -0.489 e. The van der Waals surface area contributed by atoms with Crippen LogP contribution in [-0.2, 0) is 11.4 Å². The Bertz CT molecular complexity index is 1830. The summed E-state index contributed by atoms with van der Waals surface area (Å²) in [7, 11) is 0. The fraction of sp³-hybridized carbons (Fsp3) is 0.0968. The number of allylic oxidation sites excluding steroid dienone is 1. The Morgan fingerprint density at radius 1 is 0.886 bits per heavy atom. The lowest BCUT2D eigenvalue weighted by Gasteiger charge is -2.27. The summed E-state index contributed by atoms with van der Waals surface area (Å²) in [6, 6.07) is 20.4. The Kier molecular flexibility index (Phi) is 8.59. The SMILES string of the molecule is N#CC1=C(N)Oc2cc(OC(=O)COc3c(F)c(F)c(F)c(F)c3F)ccc2C1c1cccc(OCc2ccccc2Cl)c1. The minimum atomic E-state index is -2.37. The number of fused-ring (bicyclic) bond motifs is 1. The van der Waals surface area contributed by atoms with Gasteiger partial charge in [-0.25, -0.2) is 18.0 Å². The number of esters is 1. The number of nitrogens with two attached hydrogens (primary N) is 1. The number of ether oxygens (including phenoxy) is 4. The summed E-state index contributed by atoms with van der Waals surface area (Å²) < 4.78 is 88.9. The topological polar surface area (TPSA) is 104 Å². The lowest BCUT2D eigenvalue weighted by atomic mass is 9.83. The zero-order chi connectivity index (χ0) is 31.5. The van der Waals surface area contributed by atoms with E-state index in [9.17, 15) is 32.0 Å². The van der Waals surface area contributed by atoms with Crippen LogP contribution in [0.1, 0.15) is 22.6 Å². The van der Waals surface area contributed by atoms with Gasteiger partial charge in [0, 0.05) is 22.2 Å². The summed E-state index contributed by atoms with van der Waals surface area (Å²) in [6.45, 7) is -1.00.